The second-order valence-corrected chi connectivity index (χ2v) is 10.3. The van der Waals surface area contributed by atoms with Crippen LogP contribution in [-0.2, 0) is 0 Å². The van der Waals surface area contributed by atoms with Crippen molar-refractivity contribution in [3.63, 3.8) is 0 Å². The highest BCUT2D eigenvalue weighted by molar-refractivity contribution is 5.93. The van der Waals surface area contributed by atoms with E-state index in [-0.39, 0.29) is 23.4 Å². The van der Waals surface area contributed by atoms with Gasteiger partial charge in [-0.25, -0.2) is 23.4 Å². The van der Waals surface area contributed by atoms with Gasteiger partial charge in [0, 0.05) is 48.1 Å². The lowest BCUT2D eigenvalue weighted by Gasteiger charge is -2.29. The number of halogens is 1. The molecule has 1 aliphatic heterocycles. The zero-order chi connectivity index (χ0) is 26.4. The van der Waals surface area contributed by atoms with Crippen LogP contribution in [0.1, 0.15) is 84.3 Å². The van der Waals surface area contributed by atoms with E-state index in [1.54, 1.807) is 22.7 Å². The van der Waals surface area contributed by atoms with E-state index in [0.29, 0.717) is 28.3 Å². The number of hydrogen-bond donors (Lipinski definition) is 1. The number of carboxylic acids is 1. The Bertz CT molecular complexity index is 1540. The van der Waals surface area contributed by atoms with Crippen LogP contribution in [0.4, 0.5) is 4.39 Å². The summed E-state index contributed by atoms with van der Waals surface area (Å²) in [6, 6.07) is 8.34. The fourth-order valence-corrected chi connectivity index (χ4v) is 5.39. The number of carbonyl (C=O) groups is 2. The minimum atomic E-state index is -1.10. The van der Waals surface area contributed by atoms with Crippen LogP contribution in [0.25, 0.3) is 22.6 Å². The minimum Gasteiger partial charge on any atom is -0.478 e. The maximum absolute atomic E-state index is 15.3. The van der Waals surface area contributed by atoms with Crippen molar-refractivity contribution in [3.05, 3.63) is 65.5 Å². The monoisotopic (exact) mass is 516 g/mol. The summed E-state index contributed by atoms with van der Waals surface area (Å²) < 4.78 is 18.4. The summed E-state index contributed by atoms with van der Waals surface area (Å²) in [4.78, 5) is 31.4. The average Bonchev–Trinajstić information content (AvgIpc) is 3.47. The number of amides is 1. The van der Waals surface area contributed by atoms with Gasteiger partial charge < -0.3 is 10.0 Å². The first-order chi connectivity index (χ1) is 18.4. The number of aromatic nitrogens is 5. The third kappa shape index (κ3) is 4.33. The summed E-state index contributed by atoms with van der Waals surface area (Å²) in [5.41, 5.74) is 3.01. The molecule has 196 valence electrons. The number of carbonyl (C=O) groups excluding carboxylic acids is 1. The van der Waals surface area contributed by atoms with E-state index in [9.17, 15) is 9.59 Å². The number of carboxylic acid groups (broad SMARTS) is 1. The molecule has 9 nitrogen and oxygen atoms in total. The van der Waals surface area contributed by atoms with Gasteiger partial charge >= 0.3 is 5.97 Å². The molecule has 1 saturated heterocycles. The van der Waals surface area contributed by atoms with Gasteiger partial charge in [0.15, 0.2) is 5.65 Å². The van der Waals surface area contributed by atoms with Crippen molar-refractivity contribution in [2.45, 2.75) is 63.8 Å². The predicted octanol–water partition coefficient (Wildman–Crippen LogP) is 5.09. The van der Waals surface area contributed by atoms with Gasteiger partial charge in [0.05, 0.1) is 23.1 Å². The molecule has 0 spiro atoms. The molecule has 6 rings (SSSR count). The van der Waals surface area contributed by atoms with Crippen LogP contribution in [0.15, 0.2) is 42.7 Å². The van der Waals surface area contributed by atoms with Gasteiger partial charge in [0.1, 0.15) is 11.5 Å². The molecule has 1 saturated carbocycles. The number of aromatic carboxylic acids is 1. The lowest BCUT2D eigenvalue weighted by Crippen LogP contribution is -2.38. The molecule has 4 heterocycles. The molecule has 1 aromatic carbocycles. The van der Waals surface area contributed by atoms with Crippen LogP contribution >= 0.6 is 0 Å². The van der Waals surface area contributed by atoms with Crippen LogP contribution in [0.3, 0.4) is 0 Å². The first kappa shape index (κ1) is 24.3. The molecule has 1 N–H and O–H groups in total. The van der Waals surface area contributed by atoms with Crippen molar-refractivity contribution in [2.24, 2.45) is 0 Å². The highest BCUT2D eigenvalue weighted by Crippen LogP contribution is 2.37. The summed E-state index contributed by atoms with van der Waals surface area (Å²) in [7, 11) is 0. The van der Waals surface area contributed by atoms with E-state index < -0.39 is 11.8 Å². The van der Waals surface area contributed by atoms with E-state index >= 15 is 4.39 Å². The summed E-state index contributed by atoms with van der Waals surface area (Å²) in [6.07, 6.45) is 9.97. The quantitative estimate of drug-likeness (QED) is 0.396. The Morgan fingerprint density at radius 1 is 1.05 bits per heavy atom. The van der Waals surface area contributed by atoms with Crippen LogP contribution < -0.4 is 0 Å². The molecular formula is C28H29FN6O3. The maximum atomic E-state index is 15.3. The van der Waals surface area contributed by atoms with Crippen LogP contribution in [-0.4, -0.2) is 58.8 Å². The van der Waals surface area contributed by atoms with Gasteiger partial charge in [0.2, 0.25) is 0 Å². The molecule has 4 aromatic rings. The fraction of sp³-hybridized carbons (Fsp3) is 0.393. The Hall–Kier alpha value is -4.08. The molecule has 2 aliphatic rings. The highest BCUT2D eigenvalue weighted by Gasteiger charge is 2.29. The Morgan fingerprint density at radius 3 is 2.61 bits per heavy atom. The standard InChI is InChI=1S/C28H29FN6O3/c1-17-6-3-2-4-11-33(17)27(36)24-13-25(18-7-5-8-18)35-26(31-24)14-23(32-35)21-10-9-20(12-22(21)29)34-16-19(15-30-34)28(37)38/h9-10,12-18H,2-8,11H2,1H3,(H,37,38)/t17-/m1/s1. The van der Waals surface area contributed by atoms with E-state index in [4.69, 9.17) is 15.2 Å². The molecule has 0 unspecified atom stereocenters. The van der Waals surface area contributed by atoms with Gasteiger partial charge in [-0.1, -0.05) is 19.3 Å². The SMILES string of the molecule is C[C@@H]1CCCCCN1C(=O)c1cc(C2CCC2)n2nc(-c3ccc(-n4cc(C(=O)O)cn4)cc3F)cc2n1. The first-order valence-electron chi connectivity index (χ1n) is 13.2. The smallest absolute Gasteiger partial charge is 0.338 e. The van der Waals surface area contributed by atoms with Gasteiger partial charge in [-0.05, 0) is 50.8 Å². The molecule has 1 atom stereocenters. The molecule has 2 fully saturated rings. The predicted molar refractivity (Wildman–Crippen MR) is 138 cm³/mol. The average molecular weight is 517 g/mol. The highest BCUT2D eigenvalue weighted by atomic mass is 19.1. The van der Waals surface area contributed by atoms with Gasteiger partial charge in [-0.3, -0.25) is 4.79 Å². The van der Waals surface area contributed by atoms with Crippen LogP contribution in [0.5, 0.6) is 0 Å². The topological polar surface area (TPSA) is 106 Å². The number of fused-ring (bicyclic) bond motifs is 1. The molecule has 0 bridgehead atoms. The van der Waals surface area contributed by atoms with Crippen LogP contribution in [0, 0.1) is 5.82 Å². The summed E-state index contributed by atoms with van der Waals surface area (Å²) in [5.74, 6) is -1.38. The second-order valence-electron chi connectivity index (χ2n) is 10.3. The van der Waals surface area contributed by atoms with Crippen molar-refractivity contribution in [3.8, 4) is 16.9 Å². The third-order valence-corrected chi connectivity index (χ3v) is 7.83. The fourth-order valence-electron chi connectivity index (χ4n) is 5.39. The first-order valence-corrected chi connectivity index (χ1v) is 13.2. The molecule has 38 heavy (non-hydrogen) atoms. The largest absolute Gasteiger partial charge is 0.478 e. The molecule has 1 amide bonds. The van der Waals surface area contributed by atoms with E-state index in [1.165, 1.54) is 23.1 Å². The third-order valence-electron chi connectivity index (χ3n) is 7.83. The van der Waals surface area contributed by atoms with Crippen LogP contribution in [0.2, 0.25) is 0 Å². The minimum absolute atomic E-state index is 0.0179. The van der Waals surface area contributed by atoms with Crippen molar-refractivity contribution < 1.29 is 19.1 Å². The van der Waals surface area contributed by atoms with Crippen molar-refractivity contribution in [1.29, 1.82) is 0 Å². The molecule has 1 aliphatic carbocycles. The summed E-state index contributed by atoms with van der Waals surface area (Å²) in [5, 5.41) is 17.9. The van der Waals surface area contributed by atoms with Gasteiger partial charge in [-0.15, -0.1) is 0 Å². The zero-order valence-electron chi connectivity index (χ0n) is 21.2. The Balaban J connectivity index is 1.37. The van der Waals surface area contributed by atoms with Crippen molar-refractivity contribution in [1.82, 2.24) is 29.3 Å². The number of rotatable bonds is 5. The van der Waals surface area contributed by atoms with E-state index in [2.05, 4.69) is 12.0 Å². The maximum Gasteiger partial charge on any atom is 0.338 e. The zero-order valence-corrected chi connectivity index (χ0v) is 21.2. The van der Waals surface area contributed by atoms with Gasteiger partial charge in [0.25, 0.3) is 5.91 Å². The normalized spacial score (nSPS) is 18.4. The molecule has 0 radical (unpaired) electrons. The van der Waals surface area contributed by atoms with E-state index in [0.717, 1.165) is 57.2 Å². The summed E-state index contributed by atoms with van der Waals surface area (Å²) >= 11 is 0. The lowest BCUT2D eigenvalue weighted by molar-refractivity contribution is 0.0684. The number of hydrogen-bond acceptors (Lipinski definition) is 5. The van der Waals surface area contributed by atoms with E-state index in [1.807, 2.05) is 11.0 Å². The van der Waals surface area contributed by atoms with Gasteiger partial charge in [-0.2, -0.15) is 10.2 Å². The van der Waals surface area contributed by atoms with Crippen molar-refractivity contribution in [2.75, 3.05) is 6.54 Å². The summed E-state index contributed by atoms with van der Waals surface area (Å²) in [6.45, 7) is 2.83. The Morgan fingerprint density at radius 2 is 1.89 bits per heavy atom. The molecular weight excluding hydrogens is 487 g/mol. The number of benzene rings is 1. The Labute approximate surface area is 218 Å². The second kappa shape index (κ2) is 9.66. The lowest BCUT2D eigenvalue weighted by atomic mass is 9.82. The molecule has 3 aromatic heterocycles. The number of likely N-dealkylation sites (tertiary alicyclic amines) is 1. The Kier molecular flexibility index (Phi) is 6.17. The number of nitrogens with zero attached hydrogens (tertiary/aromatic N) is 6. The molecule has 10 heteroatoms. The van der Waals surface area contributed by atoms with Crippen molar-refractivity contribution >= 4 is 17.5 Å².